The van der Waals surface area contributed by atoms with Gasteiger partial charge in [-0.15, -0.1) is 0 Å². The smallest absolute Gasteiger partial charge is 0.332 e. The molecule has 1 rings (SSSR count). The summed E-state index contributed by atoms with van der Waals surface area (Å²) in [7, 11) is 0. The van der Waals surface area contributed by atoms with Crippen LogP contribution in [0.15, 0.2) is 0 Å². The summed E-state index contributed by atoms with van der Waals surface area (Å²) in [4.78, 5) is 10.8. The minimum Gasteiger partial charge on any atom is -0.464 e. The van der Waals surface area contributed by atoms with Crippen molar-refractivity contribution >= 4 is 5.97 Å². The first-order valence-electron chi connectivity index (χ1n) is 5.06. The van der Waals surface area contributed by atoms with Gasteiger partial charge in [-0.3, -0.25) is 0 Å². The van der Waals surface area contributed by atoms with Gasteiger partial charge in [-0.2, -0.15) is 0 Å². The minimum atomic E-state index is -0.254. The molecule has 0 radical (unpaired) electrons. The highest BCUT2D eigenvalue weighted by Crippen LogP contribution is 2.28. The Morgan fingerprint density at radius 3 is 2.77 bits per heavy atom. The molecule has 0 saturated heterocycles. The van der Waals surface area contributed by atoms with Crippen LogP contribution in [-0.4, -0.2) is 25.8 Å². The lowest BCUT2D eigenvalue weighted by Gasteiger charge is -2.24. The van der Waals surface area contributed by atoms with Crippen molar-refractivity contribution in [3.05, 3.63) is 0 Å². The standard InChI is InChI=1S/C10H18O3/c1-2-13-10(11)8-12-7-6-9-4-3-5-9/h9H,2-8H2,1H3. The number of hydrogen-bond donors (Lipinski definition) is 0. The summed E-state index contributed by atoms with van der Waals surface area (Å²) >= 11 is 0. The van der Waals surface area contributed by atoms with Gasteiger partial charge in [0.15, 0.2) is 0 Å². The van der Waals surface area contributed by atoms with Crippen LogP contribution in [0.25, 0.3) is 0 Å². The van der Waals surface area contributed by atoms with Crippen LogP contribution >= 0.6 is 0 Å². The molecule has 0 aromatic rings. The first kappa shape index (κ1) is 10.5. The van der Waals surface area contributed by atoms with E-state index in [9.17, 15) is 4.79 Å². The molecule has 0 heterocycles. The topological polar surface area (TPSA) is 35.5 Å². The molecule has 1 aliphatic carbocycles. The highest BCUT2D eigenvalue weighted by atomic mass is 16.6. The van der Waals surface area contributed by atoms with Crippen LogP contribution in [0.3, 0.4) is 0 Å². The predicted molar refractivity (Wildman–Crippen MR) is 49.4 cm³/mol. The van der Waals surface area contributed by atoms with Crippen molar-refractivity contribution in [1.82, 2.24) is 0 Å². The van der Waals surface area contributed by atoms with Crippen LogP contribution in [0.4, 0.5) is 0 Å². The third-order valence-corrected chi connectivity index (χ3v) is 2.42. The highest BCUT2D eigenvalue weighted by molar-refractivity contribution is 5.70. The quantitative estimate of drug-likeness (QED) is 0.468. The average molecular weight is 186 g/mol. The number of carbonyl (C=O) groups excluding carboxylic acids is 1. The van der Waals surface area contributed by atoms with Crippen LogP contribution < -0.4 is 0 Å². The molecular weight excluding hydrogens is 168 g/mol. The lowest BCUT2D eigenvalue weighted by atomic mass is 9.83. The molecule has 0 bridgehead atoms. The summed E-state index contributed by atoms with van der Waals surface area (Å²) in [5.41, 5.74) is 0. The molecule has 76 valence electrons. The van der Waals surface area contributed by atoms with Crippen LogP contribution in [0.1, 0.15) is 32.6 Å². The molecule has 13 heavy (non-hydrogen) atoms. The van der Waals surface area contributed by atoms with Crippen LogP contribution in [0.5, 0.6) is 0 Å². The van der Waals surface area contributed by atoms with Crippen LogP contribution in [0.2, 0.25) is 0 Å². The Labute approximate surface area is 79.4 Å². The van der Waals surface area contributed by atoms with Gasteiger partial charge in [0.1, 0.15) is 6.61 Å². The van der Waals surface area contributed by atoms with Crippen molar-refractivity contribution in [1.29, 1.82) is 0 Å². The Bertz CT molecular complexity index is 152. The summed E-state index contributed by atoms with van der Waals surface area (Å²) in [5.74, 6) is 0.596. The first-order valence-corrected chi connectivity index (χ1v) is 5.06. The maximum Gasteiger partial charge on any atom is 0.332 e. The first-order chi connectivity index (χ1) is 6.33. The third kappa shape index (κ3) is 4.27. The molecule has 1 fully saturated rings. The van der Waals surface area contributed by atoms with Crippen molar-refractivity contribution in [3.8, 4) is 0 Å². The lowest BCUT2D eigenvalue weighted by molar-refractivity contribution is -0.148. The third-order valence-electron chi connectivity index (χ3n) is 2.42. The Kier molecular flexibility index (Phi) is 4.83. The molecule has 0 unspecified atom stereocenters. The van der Waals surface area contributed by atoms with Gasteiger partial charge in [0.2, 0.25) is 0 Å². The van der Waals surface area contributed by atoms with Gasteiger partial charge >= 0.3 is 5.97 Å². The molecule has 0 amide bonds. The van der Waals surface area contributed by atoms with E-state index in [-0.39, 0.29) is 12.6 Å². The Morgan fingerprint density at radius 1 is 1.46 bits per heavy atom. The second kappa shape index (κ2) is 5.97. The number of rotatable bonds is 6. The van der Waals surface area contributed by atoms with Gasteiger partial charge in [0.05, 0.1) is 6.61 Å². The molecule has 0 aromatic carbocycles. The molecular formula is C10H18O3. The summed E-state index contributed by atoms with van der Waals surface area (Å²) in [6.45, 7) is 3.04. The molecule has 3 nitrogen and oxygen atoms in total. The van der Waals surface area contributed by atoms with E-state index in [0.29, 0.717) is 13.2 Å². The second-order valence-corrected chi connectivity index (χ2v) is 3.44. The zero-order chi connectivity index (χ0) is 9.52. The molecule has 0 aliphatic heterocycles. The van der Waals surface area contributed by atoms with Gasteiger partial charge in [-0.1, -0.05) is 19.3 Å². The number of carbonyl (C=O) groups is 1. The normalized spacial score (nSPS) is 16.7. The van der Waals surface area contributed by atoms with Crippen molar-refractivity contribution < 1.29 is 14.3 Å². The molecule has 0 atom stereocenters. The molecule has 0 aromatic heterocycles. The maximum atomic E-state index is 10.8. The van der Waals surface area contributed by atoms with Crippen molar-refractivity contribution in [2.24, 2.45) is 5.92 Å². The van der Waals surface area contributed by atoms with E-state index in [0.717, 1.165) is 12.3 Å². The van der Waals surface area contributed by atoms with Crippen molar-refractivity contribution in [3.63, 3.8) is 0 Å². The lowest BCUT2D eigenvalue weighted by Crippen LogP contribution is -2.17. The van der Waals surface area contributed by atoms with E-state index >= 15 is 0 Å². The summed E-state index contributed by atoms with van der Waals surface area (Å²) in [5, 5.41) is 0. The van der Waals surface area contributed by atoms with E-state index in [4.69, 9.17) is 9.47 Å². The Hall–Kier alpha value is -0.570. The molecule has 3 heteroatoms. The van der Waals surface area contributed by atoms with Crippen LogP contribution in [-0.2, 0) is 14.3 Å². The second-order valence-electron chi connectivity index (χ2n) is 3.44. The molecule has 1 aliphatic rings. The van der Waals surface area contributed by atoms with E-state index < -0.39 is 0 Å². The fourth-order valence-corrected chi connectivity index (χ4v) is 1.39. The Morgan fingerprint density at radius 2 is 2.23 bits per heavy atom. The van der Waals surface area contributed by atoms with Crippen molar-refractivity contribution in [2.45, 2.75) is 32.6 Å². The Balaban J connectivity index is 1.85. The largest absolute Gasteiger partial charge is 0.464 e. The van der Waals surface area contributed by atoms with E-state index in [2.05, 4.69) is 0 Å². The van der Waals surface area contributed by atoms with Gasteiger partial charge in [-0.25, -0.2) is 4.79 Å². The average Bonchev–Trinajstić information content (AvgIpc) is 2.01. The molecule has 0 N–H and O–H groups in total. The van der Waals surface area contributed by atoms with Gasteiger partial charge < -0.3 is 9.47 Å². The van der Waals surface area contributed by atoms with Gasteiger partial charge in [0, 0.05) is 6.61 Å². The van der Waals surface area contributed by atoms with E-state index in [1.807, 2.05) is 0 Å². The van der Waals surface area contributed by atoms with Crippen molar-refractivity contribution in [2.75, 3.05) is 19.8 Å². The zero-order valence-electron chi connectivity index (χ0n) is 8.25. The summed E-state index contributed by atoms with van der Waals surface area (Å²) in [6.07, 6.45) is 5.13. The van der Waals surface area contributed by atoms with Gasteiger partial charge in [-0.05, 0) is 19.3 Å². The number of ether oxygens (including phenoxy) is 2. The monoisotopic (exact) mass is 186 g/mol. The van der Waals surface area contributed by atoms with E-state index in [1.165, 1.54) is 19.3 Å². The number of esters is 1. The van der Waals surface area contributed by atoms with Crippen LogP contribution in [0, 0.1) is 5.92 Å². The van der Waals surface area contributed by atoms with E-state index in [1.54, 1.807) is 6.92 Å². The maximum absolute atomic E-state index is 10.8. The fourth-order valence-electron chi connectivity index (χ4n) is 1.39. The fraction of sp³-hybridized carbons (Fsp3) is 0.900. The zero-order valence-corrected chi connectivity index (χ0v) is 8.25. The minimum absolute atomic E-state index is 0.112. The van der Waals surface area contributed by atoms with Gasteiger partial charge in [0.25, 0.3) is 0 Å². The molecule has 0 spiro atoms. The summed E-state index contributed by atoms with van der Waals surface area (Å²) < 4.78 is 9.91. The SMILES string of the molecule is CCOC(=O)COCCC1CCC1. The highest BCUT2D eigenvalue weighted by Gasteiger charge is 2.16. The summed E-state index contributed by atoms with van der Waals surface area (Å²) in [6, 6.07) is 0. The molecule has 1 saturated carbocycles. The number of hydrogen-bond acceptors (Lipinski definition) is 3. The predicted octanol–water partition coefficient (Wildman–Crippen LogP) is 1.76.